The molecule has 0 aliphatic rings. The van der Waals surface area contributed by atoms with Crippen molar-refractivity contribution in [3.8, 4) is 29.2 Å². The van der Waals surface area contributed by atoms with Gasteiger partial charge < -0.3 is 4.74 Å². The van der Waals surface area contributed by atoms with Crippen molar-refractivity contribution in [2.45, 2.75) is 0 Å². The van der Waals surface area contributed by atoms with Crippen LogP contribution in [0.5, 0.6) is 5.75 Å². The van der Waals surface area contributed by atoms with Crippen molar-refractivity contribution in [2.75, 3.05) is 6.61 Å². The fraction of sp³-hybridized carbons (Fsp3) is 0.0667. The lowest BCUT2D eigenvalue weighted by atomic mass is 10.0. The second-order valence-electron chi connectivity index (χ2n) is 3.61. The fourth-order valence-corrected chi connectivity index (χ4v) is 1.80. The van der Waals surface area contributed by atoms with Gasteiger partial charge >= 0.3 is 0 Å². The Balaban J connectivity index is 2.47. The molecular formula is C15H10ClFO. The lowest BCUT2D eigenvalue weighted by Gasteiger charge is -2.10. The number of rotatable bonds is 3. The molecular weight excluding hydrogens is 251 g/mol. The maximum atomic E-state index is 13.9. The van der Waals surface area contributed by atoms with E-state index < -0.39 is 0 Å². The molecule has 2 rings (SSSR count). The normalized spacial score (nSPS) is 9.83. The number of ether oxygens (including phenoxy) is 1. The zero-order valence-electron chi connectivity index (χ0n) is 9.49. The van der Waals surface area contributed by atoms with E-state index in [1.54, 1.807) is 24.3 Å². The number of para-hydroxylation sites is 1. The van der Waals surface area contributed by atoms with Gasteiger partial charge in [0.15, 0.2) is 0 Å². The lowest BCUT2D eigenvalue weighted by molar-refractivity contribution is 0.371. The number of benzene rings is 2. The summed E-state index contributed by atoms with van der Waals surface area (Å²) in [5, 5.41) is 0.360. The predicted molar refractivity (Wildman–Crippen MR) is 71.2 cm³/mol. The third-order valence-corrected chi connectivity index (χ3v) is 2.65. The van der Waals surface area contributed by atoms with Crippen molar-refractivity contribution in [1.82, 2.24) is 0 Å². The summed E-state index contributed by atoms with van der Waals surface area (Å²) < 4.78 is 19.2. The van der Waals surface area contributed by atoms with Gasteiger partial charge in [-0.3, -0.25) is 0 Å². The van der Waals surface area contributed by atoms with Crippen LogP contribution in [0.3, 0.4) is 0 Å². The monoisotopic (exact) mass is 260 g/mol. The molecule has 0 unspecified atom stereocenters. The molecule has 0 saturated heterocycles. The van der Waals surface area contributed by atoms with E-state index in [1.807, 2.05) is 12.1 Å². The highest BCUT2D eigenvalue weighted by molar-refractivity contribution is 6.30. The van der Waals surface area contributed by atoms with Crippen LogP contribution in [0.25, 0.3) is 11.1 Å². The Morgan fingerprint density at radius 2 is 1.94 bits per heavy atom. The van der Waals surface area contributed by atoms with E-state index in [-0.39, 0.29) is 12.4 Å². The summed E-state index contributed by atoms with van der Waals surface area (Å²) in [5.41, 5.74) is 1.09. The van der Waals surface area contributed by atoms with E-state index in [1.165, 1.54) is 6.07 Å². The van der Waals surface area contributed by atoms with Crippen molar-refractivity contribution < 1.29 is 9.13 Å². The van der Waals surface area contributed by atoms with E-state index in [9.17, 15) is 4.39 Å². The van der Waals surface area contributed by atoms with Gasteiger partial charge in [-0.2, -0.15) is 0 Å². The molecule has 0 amide bonds. The minimum Gasteiger partial charge on any atom is -0.480 e. The first-order valence-corrected chi connectivity index (χ1v) is 5.71. The van der Waals surface area contributed by atoms with Crippen LogP contribution in [0.1, 0.15) is 0 Å². The quantitative estimate of drug-likeness (QED) is 0.753. The molecule has 0 spiro atoms. The Morgan fingerprint density at radius 3 is 2.67 bits per heavy atom. The molecule has 0 aliphatic heterocycles. The van der Waals surface area contributed by atoms with Crippen LogP contribution in [-0.2, 0) is 0 Å². The molecule has 0 bridgehead atoms. The minimum absolute atomic E-state index is 0.145. The molecule has 0 N–H and O–H groups in total. The predicted octanol–water partition coefficient (Wildman–Crippen LogP) is 4.16. The van der Waals surface area contributed by atoms with Gasteiger partial charge in [-0.1, -0.05) is 35.7 Å². The van der Waals surface area contributed by atoms with Gasteiger partial charge in [0.1, 0.15) is 18.2 Å². The number of halogens is 2. The summed E-state index contributed by atoms with van der Waals surface area (Å²) in [4.78, 5) is 0. The molecule has 0 aliphatic carbocycles. The zero-order chi connectivity index (χ0) is 13.0. The van der Waals surface area contributed by atoms with Crippen molar-refractivity contribution in [3.63, 3.8) is 0 Å². The first-order chi connectivity index (χ1) is 8.72. The Morgan fingerprint density at radius 1 is 1.17 bits per heavy atom. The second-order valence-corrected chi connectivity index (χ2v) is 4.05. The lowest BCUT2D eigenvalue weighted by Crippen LogP contribution is -1.96. The summed E-state index contributed by atoms with van der Waals surface area (Å²) in [6.45, 7) is 0.145. The Labute approximate surface area is 110 Å². The topological polar surface area (TPSA) is 9.23 Å². The van der Waals surface area contributed by atoms with Gasteiger partial charge in [0.2, 0.25) is 0 Å². The summed E-state index contributed by atoms with van der Waals surface area (Å²) in [5.74, 6) is 2.54. The van der Waals surface area contributed by atoms with Gasteiger partial charge in [-0.25, -0.2) is 4.39 Å². The van der Waals surface area contributed by atoms with Crippen LogP contribution in [0.15, 0.2) is 42.5 Å². The molecule has 1 nitrogen and oxygen atoms in total. The van der Waals surface area contributed by atoms with Gasteiger partial charge in [-0.05, 0) is 24.3 Å². The number of hydrogen-bond acceptors (Lipinski definition) is 1. The molecule has 90 valence electrons. The van der Waals surface area contributed by atoms with E-state index in [4.69, 9.17) is 22.8 Å². The molecule has 2 aromatic rings. The highest BCUT2D eigenvalue weighted by atomic mass is 35.5. The molecule has 3 heteroatoms. The SMILES string of the molecule is C#CCOc1ccccc1-c1ccc(Cl)cc1F. The van der Waals surface area contributed by atoms with Crippen LogP contribution in [0.2, 0.25) is 5.02 Å². The molecule has 0 atom stereocenters. The highest BCUT2D eigenvalue weighted by Gasteiger charge is 2.10. The Hall–Kier alpha value is -1.98. The van der Waals surface area contributed by atoms with Crippen molar-refractivity contribution >= 4 is 11.6 Å². The van der Waals surface area contributed by atoms with Crippen LogP contribution < -0.4 is 4.74 Å². The summed E-state index contributed by atoms with van der Waals surface area (Å²) in [6, 6.07) is 11.7. The van der Waals surface area contributed by atoms with Gasteiger partial charge in [0, 0.05) is 16.1 Å². The first kappa shape index (κ1) is 12.5. The molecule has 0 saturated carbocycles. The maximum absolute atomic E-state index is 13.9. The summed E-state index contributed by atoms with van der Waals surface area (Å²) >= 11 is 5.73. The van der Waals surface area contributed by atoms with Crippen LogP contribution in [-0.4, -0.2) is 6.61 Å². The molecule has 0 fully saturated rings. The average molecular weight is 261 g/mol. The van der Waals surface area contributed by atoms with Crippen LogP contribution >= 0.6 is 11.6 Å². The maximum Gasteiger partial charge on any atom is 0.148 e. The van der Waals surface area contributed by atoms with Crippen molar-refractivity contribution in [1.29, 1.82) is 0 Å². The smallest absolute Gasteiger partial charge is 0.148 e. The highest BCUT2D eigenvalue weighted by Crippen LogP contribution is 2.32. The first-order valence-electron chi connectivity index (χ1n) is 5.33. The standard InChI is InChI=1S/C15H10ClFO/c1-2-9-18-15-6-4-3-5-13(15)12-8-7-11(16)10-14(12)17/h1,3-8,10H,9H2. The number of terminal acetylenes is 1. The Bertz CT molecular complexity index is 602. The van der Waals surface area contributed by atoms with Gasteiger partial charge in [0.05, 0.1) is 0 Å². The third kappa shape index (κ3) is 2.64. The van der Waals surface area contributed by atoms with Gasteiger partial charge in [0.25, 0.3) is 0 Å². The van der Waals surface area contributed by atoms with Crippen LogP contribution in [0.4, 0.5) is 4.39 Å². The number of hydrogen-bond donors (Lipinski definition) is 0. The van der Waals surface area contributed by atoms with E-state index in [2.05, 4.69) is 5.92 Å². The van der Waals surface area contributed by atoms with Crippen LogP contribution in [0, 0.1) is 18.2 Å². The van der Waals surface area contributed by atoms with Gasteiger partial charge in [-0.15, -0.1) is 6.42 Å². The second kappa shape index (κ2) is 5.57. The average Bonchev–Trinajstić information content (AvgIpc) is 2.37. The molecule has 0 radical (unpaired) electrons. The molecule has 18 heavy (non-hydrogen) atoms. The zero-order valence-corrected chi connectivity index (χ0v) is 10.2. The van der Waals surface area contributed by atoms with E-state index in [0.717, 1.165) is 0 Å². The molecule has 2 aromatic carbocycles. The minimum atomic E-state index is -0.390. The largest absolute Gasteiger partial charge is 0.480 e. The Kier molecular flexibility index (Phi) is 3.86. The summed E-state index contributed by atoms with van der Waals surface area (Å²) in [7, 11) is 0. The van der Waals surface area contributed by atoms with Crippen molar-refractivity contribution in [2.24, 2.45) is 0 Å². The third-order valence-electron chi connectivity index (χ3n) is 2.42. The van der Waals surface area contributed by atoms with E-state index in [0.29, 0.717) is 21.9 Å². The molecule has 0 heterocycles. The summed E-state index contributed by atoms with van der Waals surface area (Å²) in [6.07, 6.45) is 5.15. The fourth-order valence-electron chi connectivity index (χ4n) is 1.64. The van der Waals surface area contributed by atoms with E-state index >= 15 is 0 Å². The molecule has 0 aromatic heterocycles. The van der Waals surface area contributed by atoms with Crippen molar-refractivity contribution in [3.05, 3.63) is 53.3 Å².